The van der Waals surface area contributed by atoms with Crippen LogP contribution in [0.2, 0.25) is 0 Å². The van der Waals surface area contributed by atoms with Crippen molar-refractivity contribution in [2.45, 2.75) is 91.4 Å². The van der Waals surface area contributed by atoms with Gasteiger partial charge in [-0.2, -0.15) is 20.5 Å². The highest BCUT2D eigenvalue weighted by atomic mass is 35.5. The van der Waals surface area contributed by atoms with E-state index in [1.165, 1.54) is 0 Å². The van der Waals surface area contributed by atoms with Gasteiger partial charge in [0.25, 0.3) is 0 Å². The fourth-order valence-corrected chi connectivity index (χ4v) is 0.658. The van der Waals surface area contributed by atoms with Gasteiger partial charge < -0.3 is 11.5 Å². The van der Waals surface area contributed by atoms with Crippen LogP contribution >= 0.6 is 24.8 Å². The lowest BCUT2D eigenvalue weighted by molar-refractivity contribution is 0.465. The molecule has 0 saturated heterocycles. The molecule has 6 N–H and O–H groups in total. The number of rotatable bonds is 4. The molecule has 0 aliphatic carbocycles. The summed E-state index contributed by atoms with van der Waals surface area (Å²) < 4.78 is 0. The molecule has 0 unspecified atom stereocenters. The van der Waals surface area contributed by atoms with Gasteiger partial charge in [-0.05, 0) is 69.2 Å². The number of nitrogens with two attached hydrogens (primary N) is 2. The van der Waals surface area contributed by atoms with Gasteiger partial charge in [0, 0.05) is 0 Å². The quantitative estimate of drug-likeness (QED) is 0.299. The van der Waals surface area contributed by atoms with E-state index in [4.69, 9.17) is 22.3 Å². The average Bonchev–Trinajstić information content (AvgIpc) is 2.33. The van der Waals surface area contributed by atoms with E-state index >= 15 is 0 Å². The van der Waals surface area contributed by atoms with E-state index in [1.54, 1.807) is 27.7 Å². The van der Waals surface area contributed by atoms with Crippen molar-refractivity contribution in [2.75, 3.05) is 0 Å². The van der Waals surface area contributed by atoms with Crippen molar-refractivity contribution >= 4 is 36.5 Å². The van der Waals surface area contributed by atoms with Crippen LogP contribution in [0.15, 0.2) is 20.5 Å². The van der Waals surface area contributed by atoms with Crippen LogP contribution in [0.1, 0.15) is 69.2 Å². The molecule has 0 aromatic carbocycles. The van der Waals surface area contributed by atoms with Crippen molar-refractivity contribution in [1.29, 1.82) is 10.8 Å². The number of halogens is 2. The van der Waals surface area contributed by atoms with E-state index in [0.29, 0.717) is 0 Å². The molecule has 0 bridgehead atoms. The number of azo groups is 2. The lowest BCUT2D eigenvalue weighted by Gasteiger charge is -2.20. The Morgan fingerprint density at radius 2 is 0.731 bits per heavy atom. The highest BCUT2D eigenvalue weighted by molar-refractivity contribution is 5.87. The first-order valence-electron chi connectivity index (χ1n) is 7.87. The van der Waals surface area contributed by atoms with Crippen molar-refractivity contribution < 1.29 is 0 Å². The van der Waals surface area contributed by atoms with Gasteiger partial charge in [0.05, 0.1) is 11.1 Å². The maximum atomic E-state index is 7.25. The van der Waals surface area contributed by atoms with Crippen molar-refractivity contribution in [3.8, 4) is 0 Å². The Kier molecular flexibility index (Phi) is 14.3. The monoisotopic (exact) mass is 412 g/mol. The Morgan fingerprint density at radius 3 is 0.846 bits per heavy atom. The molecule has 0 amide bonds. The maximum Gasteiger partial charge on any atom is 0.132 e. The van der Waals surface area contributed by atoms with Gasteiger partial charge in [-0.15, -0.1) is 24.8 Å². The van der Waals surface area contributed by atoms with Gasteiger partial charge in [0.2, 0.25) is 0 Å². The Morgan fingerprint density at radius 1 is 0.538 bits per heavy atom. The first kappa shape index (κ1) is 32.4. The van der Waals surface area contributed by atoms with Gasteiger partial charge in [-0.1, -0.05) is 0 Å². The zero-order chi connectivity index (χ0) is 20.0. The third-order valence-electron chi connectivity index (χ3n) is 2.52. The van der Waals surface area contributed by atoms with E-state index in [2.05, 4.69) is 20.5 Å². The van der Waals surface area contributed by atoms with E-state index in [0.717, 1.165) is 0 Å². The van der Waals surface area contributed by atoms with Crippen molar-refractivity contribution in [3.05, 3.63) is 0 Å². The molecule has 0 radical (unpaired) electrons. The summed E-state index contributed by atoms with van der Waals surface area (Å²) in [4.78, 5) is 0. The van der Waals surface area contributed by atoms with Crippen LogP contribution < -0.4 is 11.5 Å². The highest BCUT2D eigenvalue weighted by Gasteiger charge is 2.25. The van der Waals surface area contributed by atoms with Crippen LogP contribution in [0.4, 0.5) is 0 Å². The molecule has 0 aliphatic heterocycles. The third-order valence-corrected chi connectivity index (χ3v) is 2.52. The SMILES string of the molecule is CC(C)(C)N=NC(C)(C)C.CC(C)(N=NC(C)(C)C(=N)N)C(=N)N.Cl.Cl. The van der Waals surface area contributed by atoms with Crippen molar-refractivity contribution in [1.82, 2.24) is 0 Å². The van der Waals surface area contributed by atoms with Gasteiger partial charge >= 0.3 is 0 Å². The summed E-state index contributed by atoms with van der Waals surface area (Å²) in [5.74, 6) is -0.138. The molecule has 0 aromatic rings. The first-order chi connectivity index (χ1) is 10.3. The molecule has 8 nitrogen and oxygen atoms in total. The fourth-order valence-electron chi connectivity index (χ4n) is 0.658. The maximum absolute atomic E-state index is 7.25. The van der Waals surface area contributed by atoms with Crippen LogP contribution in [0.3, 0.4) is 0 Å². The van der Waals surface area contributed by atoms with Gasteiger partial charge in [-0.25, -0.2) is 0 Å². The Labute approximate surface area is 170 Å². The van der Waals surface area contributed by atoms with Gasteiger partial charge in [-0.3, -0.25) is 10.8 Å². The Hall–Kier alpha value is -1.28. The van der Waals surface area contributed by atoms with E-state index < -0.39 is 11.1 Å². The molecule has 10 heteroatoms. The average molecular weight is 413 g/mol. The van der Waals surface area contributed by atoms with Gasteiger partial charge in [0.1, 0.15) is 22.7 Å². The minimum atomic E-state index is -0.841. The smallest absolute Gasteiger partial charge is 0.132 e. The second-order valence-electron chi connectivity index (χ2n) is 8.69. The number of nitrogens with one attached hydrogen (secondary N) is 2. The van der Waals surface area contributed by atoms with Gasteiger partial charge in [0.15, 0.2) is 0 Å². The summed E-state index contributed by atoms with van der Waals surface area (Å²) in [6.45, 7) is 19.0. The lowest BCUT2D eigenvalue weighted by Crippen LogP contribution is -2.38. The molecule has 26 heavy (non-hydrogen) atoms. The fraction of sp³-hybridized carbons (Fsp3) is 0.875. The molecule has 0 heterocycles. The number of nitrogens with zero attached hydrogens (tertiary/aromatic N) is 4. The standard InChI is InChI=1S/C8H18N6.C8H18N2.2ClH/c1-7(2,5(9)10)13-14-8(3,4)6(11)12;1-7(2,3)9-10-8(4,5)6;;/h1-4H3,(H3,9,10)(H3,11,12);1-6H3;2*1H. The summed E-state index contributed by atoms with van der Waals surface area (Å²) in [6, 6.07) is 0. The molecule has 0 spiro atoms. The summed E-state index contributed by atoms with van der Waals surface area (Å²) in [5, 5.41) is 30.6. The molecule has 0 saturated carbocycles. The van der Waals surface area contributed by atoms with Crippen LogP contribution in [-0.4, -0.2) is 33.8 Å². The van der Waals surface area contributed by atoms with Crippen LogP contribution in [-0.2, 0) is 0 Å². The van der Waals surface area contributed by atoms with E-state index in [9.17, 15) is 0 Å². The zero-order valence-electron chi connectivity index (χ0n) is 17.8. The summed E-state index contributed by atoms with van der Waals surface area (Å²) in [6.07, 6.45) is 0. The Balaban J connectivity index is -0.000000181. The zero-order valence-corrected chi connectivity index (χ0v) is 19.4. The molecular weight excluding hydrogens is 375 g/mol. The topological polar surface area (TPSA) is 149 Å². The number of hydrogen-bond donors (Lipinski definition) is 4. The normalized spacial score (nSPS) is 12.7. The second kappa shape index (κ2) is 11.4. The number of hydrogen-bond acceptors (Lipinski definition) is 6. The molecular formula is C16H38Cl2N8. The summed E-state index contributed by atoms with van der Waals surface area (Å²) >= 11 is 0. The highest BCUT2D eigenvalue weighted by Crippen LogP contribution is 2.15. The Bertz CT molecular complexity index is 453. The lowest BCUT2D eigenvalue weighted by atomic mass is 10.1. The second-order valence-corrected chi connectivity index (χ2v) is 8.69. The van der Waals surface area contributed by atoms with Crippen LogP contribution in [0, 0.1) is 10.8 Å². The molecule has 0 rings (SSSR count). The number of amidine groups is 2. The molecule has 156 valence electrons. The van der Waals surface area contributed by atoms with E-state index in [-0.39, 0.29) is 47.6 Å². The molecule has 0 fully saturated rings. The molecule has 0 atom stereocenters. The molecule has 0 aliphatic rings. The minimum Gasteiger partial charge on any atom is -0.386 e. The predicted molar refractivity (Wildman–Crippen MR) is 116 cm³/mol. The predicted octanol–water partition coefficient (Wildman–Crippen LogP) is 4.75. The molecule has 0 aromatic heterocycles. The summed E-state index contributed by atoms with van der Waals surface area (Å²) in [5.41, 5.74) is 8.89. The van der Waals surface area contributed by atoms with Crippen LogP contribution in [0.25, 0.3) is 0 Å². The minimum absolute atomic E-state index is 0. The largest absolute Gasteiger partial charge is 0.386 e. The van der Waals surface area contributed by atoms with Crippen molar-refractivity contribution in [2.24, 2.45) is 31.9 Å². The third kappa shape index (κ3) is 17.5. The first-order valence-corrected chi connectivity index (χ1v) is 7.87. The summed E-state index contributed by atoms with van der Waals surface area (Å²) in [7, 11) is 0. The van der Waals surface area contributed by atoms with Crippen LogP contribution in [0.5, 0.6) is 0 Å². The van der Waals surface area contributed by atoms with Crippen molar-refractivity contribution in [3.63, 3.8) is 0 Å². The van der Waals surface area contributed by atoms with E-state index in [1.807, 2.05) is 41.5 Å².